The Morgan fingerprint density at radius 2 is 1.71 bits per heavy atom. The van der Waals surface area contributed by atoms with Gasteiger partial charge in [0.05, 0.1) is 18.1 Å². The van der Waals surface area contributed by atoms with Gasteiger partial charge in [-0.1, -0.05) is 6.07 Å². The monoisotopic (exact) mass is 387 g/mol. The zero-order valence-electron chi connectivity index (χ0n) is 15.3. The van der Waals surface area contributed by atoms with Crippen molar-refractivity contribution in [1.82, 2.24) is 10.9 Å². The minimum Gasteiger partial charge on any atom is -0.494 e. The predicted molar refractivity (Wildman–Crippen MR) is 101 cm³/mol. The second-order valence-corrected chi connectivity index (χ2v) is 5.67. The number of hydrogen-bond acceptors (Lipinski definition) is 6. The summed E-state index contributed by atoms with van der Waals surface area (Å²) in [4.78, 5) is 33.8. The highest BCUT2D eigenvalue weighted by Crippen LogP contribution is 2.17. The number of ether oxygens (including phenoxy) is 2. The molecular formula is C19H21N3O6. The first-order chi connectivity index (χ1) is 13.5. The minimum atomic E-state index is -0.636. The van der Waals surface area contributed by atoms with Crippen molar-refractivity contribution >= 4 is 17.5 Å². The number of nitrogens with one attached hydrogen (secondary N) is 2. The summed E-state index contributed by atoms with van der Waals surface area (Å²) in [5.41, 5.74) is 4.37. The van der Waals surface area contributed by atoms with Crippen molar-refractivity contribution in [3.8, 4) is 11.5 Å². The van der Waals surface area contributed by atoms with Crippen LogP contribution in [0.5, 0.6) is 11.5 Å². The summed E-state index contributed by atoms with van der Waals surface area (Å²) >= 11 is 0. The quantitative estimate of drug-likeness (QED) is 0.388. The lowest BCUT2D eigenvalue weighted by Gasteiger charge is -2.09. The molecule has 0 aliphatic carbocycles. The molecule has 0 unspecified atom stereocenters. The van der Waals surface area contributed by atoms with Gasteiger partial charge in [-0.25, -0.2) is 0 Å². The van der Waals surface area contributed by atoms with Crippen LogP contribution < -0.4 is 20.3 Å². The molecule has 0 radical (unpaired) electrons. The molecule has 0 saturated heterocycles. The van der Waals surface area contributed by atoms with Crippen LogP contribution in [0.3, 0.4) is 0 Å². The highest BCUT2D eigenvalue weighted by molar-refractivity contribution is 5.95. The number of rotatable bonds is 9. The molecule has 0 aliphatic heterocycles. The lowest BCUT2D eigenvalue weighted by Crippen LogP contribution is -2.41. The number of benzene rings is 2. The van der Waals surface area contributed by atoms with Gasteiger partial charge in [0.25, 0.3) is 11.6 Å². The number of carbonyl (C=O) groups excluding carboxylic acids is 2. The molecule has 0 bridgehead atoms. The Bertz CT molecular complexity index is 823. The van der Waals surface area contributed by atoms with E-state index in [0.29, 0.717) is 25.4 Å². The molecule has 0 heterocycles. The first-order valence-electron chi connectivity index (χ1n) is 8.69. The van der Waals surface area contributed by atoms with E-state index in [0.717, 1.165) is 11.8 Å². The number of carbonyl (C=O) groups is 2. The summed E-state index contributed by atoms with van der Waals surface area (Å²) in [6.45, 7) is 2.83. The molecular weight excluding hydrogens is 366 g/mol. The average Bonchev–Trinajstić information content (AvgIpc) is 2.71. The maximum absolute atomic E-state index is 11.9. The molecule has 9 heteroatoms. The van der Waals surface area contributed by atoms with Gasteiger partial charge in [0.15, 0.2) is 0 Å². The Morgan fingerprint density at radius 3 is 2.36 bits per heavy atom. The van der Waals surface area contributed by atoms with Crippen LogP contribution in [-0.4, -0.2) is 30.0 Å². The van der Waals surface area contributed by atoms with Crippen molar-refractivity contribution in [3.63, 3.8) is 0 Å². The first-order valence-corrected chi connectivity index (χ1v) is 8.69. The fraction of sp³-hybridized carbons (Fsp3) is 0.263. The molecule has 0 aromatic heterocycles. The van der Waals surface area contributed by atoms with Gasteiger partial charge in [-0.15, -0.1) is 0 Å². The van der Waals surface area contributed by atoms with Crippen LogP contribution in [0.1, 0.15) is 30.1 Å². The molecule has 2 amide bonds. The van der Waals surface area contributed by atoms with Gasteiger partial charge in [-0.05, 0) is 43.7 Å². The van der Waals surface area contributed by atoms with E-state index >= 15 is 0 Å². The predicted octanol–water partition coefficient (Wildman–Crippen LogP) is 2.61. The number of hydrazine groups is 1. The van der Waals surface area contributed by atoms with Gasteiger partial charge in [0, 0.05) is 24.1 Å². The zero-order valence-corrected chi connectivity index (χ0v) is 15.3. The lowest BCUT2D eigenvalue weighted by molar-refractivity contribution is -0.384. The standard InChI is InChI=1S/C19H21N3O6/c1-2-27-16-8-10-17(11-9-16)28-12-4-7-18(23)20-21-19(24)14-5-3-6-15(13-14)22(25)26/h3,5-6,8-11,13H,2,4,7,12H2,1H3,(H,20,23)(H,21,24). The number of nitrogens with zero attached hydrogens (tertiary/aromatic N) is 1. The summed E-state index contributed by atoms with van der Waals surface area (Å²) in [6, 6.07) is 12.4. The maximum atomic E-state index is 11.9. The van der Waals surface area contributed by atoms with Crippen molar-refractivity contribution in [2.45, 2.75) is 19.8 Å². The summed E-state index contributed by atoms with van der Waals surface area (Å²) in [6.07, 6.45) is 0.595. The third kappa shape index (κ3) is 6.60. The number of nitro groups is 1. The van der Waals surface area contributed by atoms with Crippen LogP contribution in [0, 0.1) is 10.1 Å². The molecule has 9 nitrogen and oxygen atoms in total. The molecule has 0 spiro atoms. The summed E-state index contributed by atoms with van der Waals surface area (Å²) in [5.74, 6) is 0.397. The van der Waals surface area contributed by atoms with E-state index in [9.17, 15) is 19.7 Å². The van der Waals surface area contributed by atoms with Crippen LogP contribution in [0.25, 0.3) is 0 Å². The van der Waals surface area contributed by atoms with E-state index in [1.54, 1.807) is 24.3 Å². The number of non-ortho nitro benzene ring substituents is 1. The topological polar surface area (TPSA) is 120 Å². The molecule has 2 aromatic rings. The zero-order chi connectivity index (χ0) is 20.4. The van der Waals surface area contributed by atoms with E-state index in [4.69, 9.17) is 9.47 Å². The van der Waals surface area contributed by atoms with Gasteiger partial charge in [0.1, 0.15) is 11.5 Å². The molecule has 2 rings (SSSR count). The van der Waals surface area contributed by atoms with Crippen LogP contribution in [0.15, 0.2) is 48.5 Å². The summed E-state index contributed by atoms with van der Waals surface area (Å²) in [5, 5.41) is 10.7. The SMILES string of the molecule is CCOc1ccc(OCCCC(=O)NNC(=O)c2cccc([N+](=O)[O-])c2)cc1. The van der Waals surface area contributed by atoms with Gasteiger partial charge in [-0.2, -0.15) is 0 Å². The van der Waals surface area contributed by atoms with Crippen LogP contribution in [0.2, 0.25) is 0 Å². The van der Waals surface area contributed by atoms with Crippen molar-refractivity contribution in [2.24, 2.45) is 0 Å². The normalized spacial score (nSPS) is 10.0. The Morgan fingerprint density at radius 1 is 1.04 bits per heavy atom. The Balaban J connectivity index is 1.67. The Kier molecular flexibility index (Phi) is 7.77. The molecule has 0 aliphatic rings. The van der Waals surface area contributed by atoms with E-state index in [-0.39, 0.29) is 17.7 Å². The number of nitro benzene ring substituents is 1. The van der Waals surface area contributed by atoms with Crippen molar-refractivity contribution in [3.05, 3.63) is 64.2 Å². The highest BCUT2D eigenvalue weighted by atomic mass is 16.6. The second kappa shape index (κ2) is 10.5. The fourth-order valence-electron chi connectivity index (χ4n) is 2.24. The van der Waals surface area contributed by atoms with Gasteiger partial charge < -0.3 is 9.47 Å². The van der Waals surface area contributed by atoms with Crippen LogP contribution in [-0.2, 0) is 4.79 Å². The van der Waals surface area contributed by atoms with E-state index in [1.807, 2.05) is 6.92 Å². The smallest absolute Gasteiger partial charge is 0.270 e. The van der Waals surface area contributed by atoms with Gasteiger partial charge in [0.2, 0.25) is 5.91 Å². The second-order valence-electron chi connectivity index (χ2n) is 5.67. The molecule has 2 aromatic carbocycles. The summed E-state index contributed by atoms with van der Waals surface area (Å²) in [7, 11) is 0. The first kappa shape index (κ1) is 20.7. The largest absolute Gasteiger partial charge is 0.494 e. The van der Waals surface area contributed by atoms with Crippen molar-refractivity contribution in [1.29, 1.82) is 0 Å². The maximum Gasteiger partial charge on any atom is 0.270 e. The fourth-order valence-corrected chi connectivity index (χ4v) is 2.24. The third-order valence-electron chi connectivity index (χ3n) is 3.59. The molecule has 28 heavy (non-hydrogen) atoms. The van der Waals surface area contributed by atoms with Gasteiger partial charge >= 0.3 is 0 Å². The van der Waals surface area contributed by atoms with Crippen molar-refractivity contribution < 1.29 is 24.0 Å². The molecule has 0 saturated carbocycles. The van der Waals surface area contributed by atoms with E-state index < -0.39 is 16.7 Å². The third-order valence-corrected chi connectivity index (χ3v) is 3.59. The Labute approximate surface area is 161 Å². The van der Waals surface area contributed by atoms with Gasteiger partial charge in [-0.3, -0.25) is 30.6 Å². The van der Waals surface area contributed by atoms with Crippen LogP contribution in [0.4, 0.5) is 5.69 Å². The molecule has 0 atom stereocenters. The Hall–Kier alpha value is -3.62. The molecule has 2 N–H and O–H groups in total. The number of hydrogen-bond donors (Lipinski definition) is 2. The minimum absolute atomic E-state index is 0.0772. The van der Waals surface area contributed by atoms with E-state index in [1.165, 1.54) is 18.2 Å². The number of amides is 2. The highest BCUT2D eigenvalue weighted by Gasteiger charge is 2.12. The van der Waals surface area contributed by atoms with E-state index in [2.05, 4.69) is 10.9 Å². The average molecular weight is 387 g/mol. The van der Waals surface area contributed by atoms with Crippen molar-refractivity contribution in [2.75, 3.05) is 13.2 Å². The van der Waals surface area contributed by atoms with Crippen LogP contribution >= 0.6 is 0 Å². The summed E-state index contributed by atoms with van der Waals surface area (Å²) < 4.78 is 10.9. The lowest BCUT2D eigenvalue weighted by atomic mass is 10.2. The molecule has 0 fully saturated rings. The molecule has 148 valence electrons.